The number of likely N-dealkylation sites (tertiary alicyclic amines) is 1. The lowest BCUT2D eigenvalue weighted by molar-refractivity contribution is 0.00488. The van der Waals surface area contributed by atoms with E-state index in [1.54, 1.807) is 0 Å². The topological polar surface area (TPSA) is 29.5 Å². The molecule has 21 heavy (non-hydrogen) atoms. The van der Waals surface area contributed by atoms with Crippen LogP contribution in [0.3, 0.4) is 0 Å². The van der Waals surface area contributed by atoms with Crippen LogP contribution in [0.1, 0.15) is 51.5 Å². The van der Waals surface area contributed by atoms with Gasteiger partial charge in [-0.2, -0.15) is 0 Å². The highest BCUT2D eigenvalue weighted by molar-refractivity contribution is 5.69. The Morgan fingerprint density at radius 2 is 1.86 bits per heavy atom. The van der Waals surface area contributed by atoms with Gasteiger partial charge in [0.05, 0.1) is 0 Å². The van der Waals surface area contributed by atoms with E-state index >= 15 is 0 Å². The molecule has 2 fully saturated rings. The molecule has 1 aromatic carbocycles. The number of nitrogens with zero attached hydrogens (tertiary/aromatic N) is 1. The molecule has 0 radical (unpaired) electrons. The third kappa shape index (κ3) is 2.92. The quantitative estimate of drug-likeness (QED) is 0.810. The minimum absolute atomic E-state index is 0.141. The van der Waals surface area contributed by atoms with E-state index in [2.05, 4.69) is 0 Å². The summed E-state index contributed by atoms with van der Waals surface area (Å²) in [5.74, 6) is 0.700. The largest absolute Gasteiger partial charge is 0.438 e. The van der Waals surface area contributed by atoms with Crippen LogP contribution in [0.5, 0.6) is 0 Å². The van der Waals surface area contributed by atoms with Gasteiger partial charge in [0.2, 0.25) is 0 Å². The second-order valence-corrected chi connectivity index (χ2v) is 6.84. The van der Waals surface area contributed by atoms with E-state index in [1.165, 1.54) is 19.3 Å². The zero-order chi connectivity index (χ0) is 14.9. The van der Waals surface area contributed by atoms with E-state index in [-0.39, 0.29) is 6.09 Å². The molecule has 2 aliphatic rings. The summed E-state index contributed by atoms with van der Waals surface area (Å²) in [6.07, 6.45) is 5.98. The van der Waals surface area contributed by atoms with Gasteiger partial charge >= 0.3 is 6.09 Å². The Bertz CT molecular complexity index is 497. The van der Waals surface area contributed by atoms with Crippen molar-refractivity contribution in [2.45, 2.75) is 57.6 Å². The lowest BCUT2D eigenvalue weighted by Gasteiger charge is -2.34. The van der Waals surface area contributed by atoms with Crippen LogP contribution in [0, 0.1) is 5.92 Å². The Hall–Kier alpha value is -1.51. The van der Waals surface area contributed by atoms with Gasteiger partial charge < -0.3 is 9.64 Å². The summed E-state index contributed by atoms with van der Waals surface area (Å²) < 4.78 is 5.84. The molecule has 0 bridgehead atoms. The average molecular weight is 287 g/mol. The first-order chi connectivity index (χ1) is 10.1. The second kappa shape index (κ2) is 5.70. The van der Waals surface area contributed by atoms with Crippen molar-refractivity contribution >= 4 is 6.09 Å². The second-order valence-electron chi connectivity index (χ2n) is 6.84. The smallest absolute Gasteiger partial charge is 0.410 e. The maximum absolute atomic E-state index is 12.6. The molecule has 1 heterocycles. The molecule has 0 aromatic heterocycles. The lowest BCUT2D eigenvalue weighted by atomic mass is 9.85. The third-order valence-electron chi connectivity index (χ3n) is 5.06. The van der Waals surface area contributed by atoms with Gasteiger partial charge in [0, 0.05) is 12.6 Å². The average Bonchev–Trinajstić information content (AvgIpc) is 2.92. The molecule has 0 spiro atoms. The first kappa shape index (κ1) is 14.4. The highest BCUT2D eigenvalue weighted by Gasteiger charge is 2.40. The summed E-state index contributed by atoms with van der Waals surface area (Å²) in [5.41, 5.74) is 0.461. The van der Waals surface area contributed by atoms with Gasteiger partial charge in [-0.05, 0) is 44.6 Å². The van der Waals surface area contributed by atoms with Crippen LogP contribution in [-0.4, -0.2) is 23.6 Å². The van der Waals surface area contributed by atoms with E-state index in [9.17, 15) is 4.79 Å². The molecule has 3 heteroatoms. The molecule has 0 N–H and O–H groups in total. The van der Waals surface area contributed by atoms with Crippen LogP contribution in [0.4, 0.5) is 4.79 Å². The molecule has 2 unspecified atom stereocenters. The van der Waals surface area contributed by atoms with Gasteiger partial charge in [-0.1, -0.05) is 43.2 Å². The van der Waals surface area contributed by atoms with Gasteiger partial charge in [0.25, 0.3) is 0 Å². The highest BCUT2D eigenvalue weighted by atomic mass is 16.6. The third-order valence-corrected chi connectivity index (χ3v) is 5.06. The SMILES string of the molecule is CC(C)(OC(=O)N1CCC2CCCCC21)c1ccccc1. The fourth-order valence-electron chi connectivity index (χ4n) is 3.81. The number of hydrogen-bond donors (Lipinski definition) is 0. The maximum atomic E-state index is 12.6. The summed E-state index contributed by atoms with van der Waals surface area (Å²) in [7, 11) is 0. The van der Waals surface area contributed by atoms with Gasteiger partial charge in [0.1, 0.15) is 5.60 Å². The molecule has 1 amide bonds. The van der Waals surface area contributed by atoms with Crippen molar-refractivity contribution in [2.75, 3.05) is 6.54 Å². The molecule has 2 atom stereocenters. The Balaban J connectivity index is 1.69. The normalized spacial score (nSPS) is 25.5. The minimum Gasteiger partial charge on any atom is -0.438 e. The summed E-state index contributed by atoms with van der Waals surface area (Å²) in [6.45, 7) is 4.79. The fraction of sp³-hybridized carbons (Fsp3) is 0.611. The number of fused-ring (bicyclic) bond motifs is 1. The predicted octanol–water partition coefficient (Wildman–Crippen LogP) is 4.32. The Morgan fingerprint density at radius 3 is 2.62 bits per heavy atom. The number of rotatable bonds is 2. The number of hydrogen-bond acceptors (Lipinski definition) is 2. The summed E-state index contributed by atoms with van der Waals surface area (Å²) >= 11 is 0. The van der Waals surface area contributed by atoms with Crippen LogP contribution in [0.2, 0.25) is 0 Å². The summed E-state index contributed by atoms with van der Waals surface area (Å²) in [6, 6.07) is 10.4. The van der Waals surface area contributed by atoms with Crippen LogP contribution >= 0.6 is 0 Å². The van der Waals surface area contributed by atoms with Gasteiger partial charge in [-0.3, -0.25) is 0 Å². The van der Waals surface area contributed by atoms with Gasteiger partial charge in [-0.25, -0.2) is 4.79 Å². The number of ether oxygens (including phenoxy) is 1. The van der Waals surface area contributed by atoms with Crippen LogP contribution in [0.15, 0.2) is 30.3 Å². The molecule has 1 aromatic rings. The number of carbonyl (C=O) groups excluding carboxylic acids is 1. The van der Waals surface area contributed by atoms with Crippen LogP contribution < -0.4 is 0 Å². The Labute approximate surface area is 127 Å². The van der Waals surface area contributed by atoms with E-state index < -0.39 is 5.60 Å². The maximum Gasteiger partial charge on any atom is 0.410 e. The Morgan fingerprint density at radius 1 is 1.14 bits per heavy atom. The number of benzene rings is 1. The lowest BCUT2D eigenvalue weighted by Crippen LogP contribution is -2.42. The van der Waals surface area contributed by atoms with Crippen molar-refractivity contribution in [1.29, 1.82) is 0 Å². The summed E-state index contributed by atoms with van der Waals surface area (Å²) in [5, 5.41) is 0. The van der Waals surface area contributed by atoms with Gasteiger partial charge in [-0.15, -0.1) is 0 Å². The van der Waals surface area contributed by atoms with E-state index in [0.29, 0.717) is 12.0 Å². The molecule has 1 saturated heterocycles. The molecule has 1 saturated carbocycles. The molecule has 1 aliphatic carbocycles. The number of carbonyl (C=O) groups is 1. The van der Waals surface area contributed by atoms with E-state index in [4.69, 9.17) is 4.74 Å². The molecule has 1 aliphatic heterocycles. The van der Waals surface area contributed by atoms with Crippen molar-refractivity contribution in [2.24, 2.45) is 5.92 Å². The summed E-state index contributed by atoms with van der Waals surface area (Å²) in [4.78, 5) is 14.6. The van der Waals surface area contributed by atoms with Crippen molar-refractivity contribution < 1.29 is 9.53 Å². The monoisotopic (exact) mass is 287 g/mol. The van der Waals surface area contributed by atoms with Gasteiger partial charge in [0.15, 0.2) is 0 Å². The standard InChI is InChI=1S/C18H25NO2/c1-18(2,15-9-4-3-5-10-15)21-17(20)19-13-12-14-8-6-7-11-16(14)19/h3-5,9-10,14,16H,6-8,11-13H2,1-2H3. The first-order valence-corrected chi connectivity index (χ1v) is 8.13. The molecule has 3 nitrogen and oxygen atoms in total. The van der Waals surface area contributed by atoms with E-state index in [1.807, 2.05) is 49.1 Å². The predicted molar refractivity (Wildman–Crippen MR) is 83.0 cm³/mol. The highest BCUT2D eigenvalue weighted by Crippen LogP contribution is 2.37. The zero-order valence-corrected chi connectivity index (χ0v) is 13.0. The molecular weight excluding hydrogens is 262 g/mol. The van der Waals surface area contributed by atoms with Crippen LogP contribution in [-0.2, 0) is 10.3 Å². The van der Waals surface area contributed by atoms with Crippen molar-refractivity contribution in [3.63, 3.8) is 0 Å². The zero-order valence-electron chi connectivity index (χ0n) is 13.0. The molecule has 3 rings (SSSR count). The Kier molecular flexibility index (Phi) is 3.92. The number of amides is 1. The first-order valence-electron chi connectivity index (χ1n) is 8.13. The van der Waals surface area contributed by atoms with Crippen molar-refractivity contribution in [1.82, 2.24) is 4.90 Å². The fourth-order valence-corrected chi connectivity index (χ4v) is 3.81. The molecule has 114 valence electrons. The van der Waals surface area contributed by atoms with Crippen molar-refractivity contribution in [3.8, 4) is 0 Å². The van der Waals surface area contributed by atoms with E-state index in [0.717, 1.165) is 24.9 Å². The molecular formula is C18H25NO2. The van der Waals surface area contributed by atoms with Crippen LogP contribution in [0.25, 0.3) is 0 Å². The minimum atomic E-state index is -0.578. The van der Waals surface area contributed by atoms with Crippen molar-refractivity contribution in [3.05, 3.63) is 35.9 Å².